The number of nitrogens with zero attached hydrogens (tertiary/aromatic N) is 1. The highest BCUT2D eigenvalue weighted by Crippen LogP contribution is 2.59. The Balaban J connectivity index is 1.13. The molecule has 0 unspecified atom stereocenters. The summed E-state index contributed by atoms with van der Waals surface area (Å²) >= 11 is 0. The number of anilines is 3. The lowest BCUT2D eigenvalue weighted by molar-refractivity contribution is 0.112. The Labute approximate surface area is 362 Å². The SMILES string of the molecule is CC(C)C1(C(C)C)c2ccccc2-c2ccc(N(c3ccc(C=COCc4cc5ccccc5cc4C=O)cc3)c3ccc4c(c3)C(C(C)C)(C(C)C)c3ccccc3-4)cc21. The Morgan fingerprint density at radius 3 is 1.43 bits per heavy atom. The Morgan fingerprint density at radius 1 is 0.492 bits per heavy atom. The minimum Gasteiger partial charge on any atom is -0.496 e. The molecule has 0 saturated heterocycles. The van der Waals surface area contributed by atoms with E-state index < -0.39 is 0 Å². The van der Waals surface area contributed by atoms with Crippen molar-refractivity contribution in [2.45, 2.75) is 72.8 Å². The summed E-state index contributed by atoms with van der Waals surface area (Å²) in [5.41, 5.74) is 16.8. The molecular formula is C58H57NO2. The first-order valence-corrected chi connectivity index (χ1v) is 22.2. The number of aldehydes is 1. The van der Waals surface area contributed by atoms with Crippen LogP contribution in [0, 0.1) is 23.7 Å². The third kappa shape index (κ3) is 6.27. The number of carbonyl (C=O) groups excluding carboxylic acids is 1. The molecule has 0 N–H and O–H groups in total. The van der Waals surface area contributed by atoms with Crippen molar-refractivity contribution < 1.29 is 9.53 Å². The molecule has 0 saturated carbocycles. The lowest BCUT2D eigenvalue weighted by Crippen LogP contribution is -2.37. The highest BCUT2D eigenvalue weighted by molar-refractivity contribution is 5.91. The van der Waals surface area contributed by atoms with Gasteiger partial charge in [-0.3, -0.25) is 4.79 Å². The minimum absolute atomic E-state index is 0.119. The number of ether oxygens (including phenoxy) is 1. The van der Waals surface area contributed by atoms with Gasteiger partial charge in [-0.1, -0.05) is 152 Å². The van der Waals surface area contributed by atoms with Crippen molar-refractivity contribution in [2.75, 3.05) is 4.90 Å². The molecule has 306 valence electrons. The van der Waals surface area contributed by atoms with Crippen molar-refractivity contribution in [3.05, 3.63) is 191 Å². The Hall–Kier alpha value is -6.19. The molecular weight excluding hydrogens is 743 g/mol. The standard InChI is InChI=1S/C58H57NO2/c1-37(2)57(38(3)4)53-19-13-11-17-49(53)51-27-25-47(33-55(51)57)59(48-26-28-52-50-18-12-14-20-54(50)58(39(5)6,40(7)8)56(52)34-48)46-23-21-41(22-24-46)29-30-61-36-45-32-43-16-10-9-15-42(43)31-44(45)35-60/h9-35,37-40H,36H2,1-8H3. The second-order valence-corrected chi connectivity index (χ2v) is 18.5. The number of benzene rings is 7. The monoisotopic (exact) mass is 799 g/mol. The van der Waals surface area contributed by atoms with E-state index in [1.54, 1.807) is 6.26 Å². The molecule has 2 aliphatic rings. The van der Waals surface area contributed by atoms with Gasteiger partial charge in [0, 0.05) is 39.0 Å². The van der Waals surface area contributed by atoms with Crippen molar-refractivity contribution in [1.82, 2.24) is 0 Å². The van der Waals surface area contributed by atoms with Crippen molar-refractivity contribution in [3.63, 3.8) is 0 Å². The van der Waals surface area contributed by atoms with Crippen LogP contribution in [0.15, 0.2) is 152 Å². The molecule has 0 aliphatic heterocycles. The predicted molar refractivity (Wildman–Crippen MR) is 256 cm³/mol. The van der Waals surface area contributed by atoms with Gasteiger partial charge in [0.1, 0.15) is 12.9 Å². The van der Waals surface area contributed by atoms with Gasteiger partial charge in [0.05, 0.1) is 6.26 Å². The van der Waals surface area contributed by atoms with Crippen molar-refractivity contribution in [1.29, 1.82) is 0 Å². The van der Waals surface area contributed by atoms with Crippen LogP contribution in [0.1, 0.15) is 99.1 Å². The van der Waals surface area contributed by atoms with Gasteiger partial charge in [-0.05, 0) is 139 Å². The van der Waals surface area contributed by atoms with Crippen LogP contribution in [-0.4, -0.2) is 6.29 Å². The summed E-state index contributed by atoms with van der Waals surface area (Å²) in [4.78, 5) is 14.4. The van der Waals surface area contributed by atoms with Gasteiger partial charge in [0.2, 0.25) is 0 Å². The normalized spacial score (nSPS) is 14.5. The molecule has 3 nitrogen and oxygen atoms in total. The zero-order valence-electron chi connectivity index (χ0n) is 36.9. The van der Waals surface area contributed by atoms with E-state index in [1.165, 1.54) is 44.5 Å². The van der Waals surface area contributed by atoms with Crippen LogP contribution in [0.5, 0.6) is 0 Å². The topological polar surface area (TPSA) is 29.5 Å². The molecule has 7 aromatic carbocycles. The fourth-order valence-electron chi connectivity index (χ4n) is 11.8. The Morgan fingerprint density at radius 2 is 0.934 bits per heavy atom. The van der Waals surface area contributed by atoms with E-state index in [-0.39, 0.29) is 10.8 Å². The highest BCUT2D eigenvalue weighted by atomic mass is 16.5. The number of carbonyl (C=O) groups is 1. The summed E-state index contributed by atoms with van der Waals surface area (Å²) < 4.78 is 6.04. The van der Waals surface area contributed by atoms with Crippen LogP contribution < -0.4 is 4.90 Å². The minimum atomic E-state index is -0.119. The van der Waals surface area contributed by atoms with Crippen molar-refractivity contribution >= 4 is 40.2 Å². The van der Waals surface area contributed by atoms with Gasteiger partial charge < -0.3 is 9.64 Å². The summed E-state index contributed by atoms with van der Waals surface area (Å²) in [7, 11) is 0. The van der Waals surface area contributed by atoms with Gasteiger partial charge in [-0.2, -0.15) is 0 Å². The van der Waals surface area contributed by atoms with E-state index in [2.05, 4.69) is 176 Å². The van der Waals surface area contributed by atoms with Gasteiger partial charge >= 0.3 is 0 Å². The average Bonchev–Trinajstić information content (AvgIpc) is 3.74. The lowest BCUT2D eigenvalue weighted by Gasteiger charge is -2.41. The van der Waals surface area contributed by atoms with Crippen molar-refractivity contribution in [2.24, 2.45) is 23.7 Å². The number of fused-ring (bicyclic) bond motifs is 7. The zero-order valence-corrected chi connectivity index (χ0v) is 36.9. The summed E-state index contributed by atoms with van der Waals surface area (Å²) in [6, 6.07) is 53.4. The van der Waals surface area contributed by atoms with Gasteiger partial charge in [-0.25, -0.2) is 0 Å². The molecule has 0 atom stereocenters. The first-order valence-electron chi connectivity index (χ1n) is 22.2. The molecule has 0 bridgehead atoms. The Bertz CT molecular complexity index is 2670. The second-order valence-electron chi connectivity index (χ2n) is 18.5. The smallest absolute Gasteiger partial charge is 0.150 e. The summed E-state index contributed by atoms with van der Waals surface area (Å²) in [6.07, 6.45) is 4.65. The summed E-state index contributed by atoms with van der Waals surface area (Å²) in [6.45, 7) is 19.5. The molecule has 7 aromatic rings. The zero-order chi connectivity index (χ0) is 42.6. The average molecular weight is 800 g/mol. The van der Waals surface area contributed by atoms with E-state index >= 15 is 0 Å². The maximum atomic E-state index is 11.9. The molecule has 0 heterocycles. The van der Waals surface area contributed by atoms with E-state index in [0.717, 1.165) is 45.2 Å². The predicted octanol–water partition coefficient (Wildman–Crippen LogP) is 15.5. The van der Waals surface area contributed by atoms with Crippen LogP contribution in [0.25, 0.3) is 39.1 Å². The quantitative estimate of drug-likeness (QED) is 0.0911. The maximum absolute atomic E-state index is 11.9. The first-order chi connectivity index (χ1) is 29.5. The molecule has 0 radical (unpaired) electrons. The third-order valence-corrected chi connectivity index (χ3v) is 14.3. The van der Waals surface area contributed by atoms with Crippen LogP contribution in [0.4, 0.5) is 17.1 Å². The molecule has 61 heavy (non-hydrogen) atoms. The number of rotatable bonds is 12. The molecule has 3 heteroatoms. The molecule has 0 spiro atoms. The first kappa shape index (κ1) is 40.2. The van der Waals surface area contributed by atoms with Crippen LogP contribution >= 0.6 is 0 Å². The number of hydrogen-bond donors (Lipinski definition) is 0. The molecule has 0 aromatic heterocycles. The number of hydrogen-bond acceptors (Lipinski definition) is 3. The van der Waals surface area contributed by atoms with E-state index in [4.69, 9.17) is 4.74 Å². The summed E-state index contributed by atoms with van der Waals surface area (Å²) in [5, 5.41) is 2.14. The van der Waals surface area contributed by atoms with Gasteiger partial charge in [-0.15, -0.1) is 0 Å². The van der Waals surface area contributed by atoms with E-state index in [1.807, 2.05) is 36.4 Å². The maximum Gasteiger partial charge on any atom is 0.150 e. The fraction of sp³-hybridized carbons (Fsp3) is 0.259. The van der Waals surface area contributed by atoms with E-state index in [0.29, 0.717) is 35.8 Å². The van der Waals surface area contributed by atoms with Gasteiger partial charge in [0.15, 0.2) is 0 Å². The third-order valence-electron chi connectivity index (χ3n) is 14.3. The van der Waals surface area contributed by atoms with Crippen molar-refractivity contribution in [3.8, 4) is 22.3 Å². The van der Waals surface area contributed by atoms with Crippen LogP contribution in [0.3, 0.4) is 0 Å². The molecule has 2 aliphatic carbocycles. The highest BCUT2D eigenvalue weighted by Gasteiger charge is 2.49. The molecule has 9 rings (SSSR count). The lowest BCUT2D eigenvalue weighted by atomic mass is 9.63. The largest absolute Gasteiger partial charge is 0.496 e. The van der Waals surface area contributed by atoms with E-state index in [9.17, 15) is 4.79 Å². The van der Waals surface area contributed by atoms with Gasteiger partial charge in [0.25, 0.3) is 0 Å². The fourth-order valence-corrected chi connectivity index (χ4v) is 11.8. The van der Waals surface area contributed by atoms with Crippen LogP contribution in [-0.2, 0) is 22.2 Å². The summed E-state index contributed by atoms with van der Waals surface area (Å²) in [5.74, 6) is 1.59. The second kappa shape index (κ2) is 15.7. The molecule has 0 fully saturated rings. The van der Waals surface area contributed by atoms with Crippen LogP contribution in [0.2, 0.25) is 0 Å². The Kier molecular flexibility index (Phi) is 10.3. The molecule has 0 amide bonds.